The van der Waals surface area contributed by atoms with E-state index in [0.717, 1.165) is 69.4 Å². The van der Waals surface area contributed by atoms with E-state index in [2.05, 4.69) is 32.2 Å². The van der Waals surface area contributed by atoms with Crippen molar-refractivity contribution in [2.75, 3.05) is 50.0 Å². The molecule has 35 heavy (non-hydrogen) atoms. The zero-order chi connectivity index (χ0) is 24.4. The number of anilines is 2. The van der Waals surface area contributed by atoms with Crippen molar-refractivity contribution in [2.24, 2.45) is 0 Å². The van der Waals surface area contributed by atoms with Crippen molar-refractivity contribution in [3.63, 3.8) is 0 Å². The number of nitrogens with one attached hydrogen (secondary N) is 2. The van der Waals surface area contributed by atoms with Gasteiger partial charge in [0.1, 0.15) is 11.1 Å². The Morgan fingerprint density at radius 1 is 1.11 bits per heavy atom. The van der Waals surface area contributed by atoms with Crippen LogP contribution in [0, 0.1) is 0 Å². The van der Waals surface area contributed by atoms with Crippen molar-refractivity contribution in [2.45, 2.75) is 38.1 Å². The molecule has 0 radical (unpaired) electrons. The highest BCUT2D eigenvalue weighted by Gasteiger charge is 2.29. The smallest absolute Gasteiger partial charge is 0.302 e. The molecule has 3 aromatic rings. The van der Waals surface area contributed by atoms with E-state index in [0.29, 0.717) is 16.7 Å². The fraction of sp³-hybridized carbons (Fsp3) is 0.480. The number of fused-ring (bicyclic) bond motifs is 1. The van der Waals surface area contributed by atoms with Crippen LogP contribution < -0.4 is 19.7 Å². The van der Waals surface area contributed by atoms with Gasteiger partial charge in [-0.15, -0.1) is 0 Å². The molecule has 1 aliphatic carbocycles. The van der Waals surface area contributed by atoms with Crippen LogP contribution in [0.4, 0.5) is 11.5 Å². The number of hydrogen-bond acceptors (Lipinski definition) is 7. The summed E-state index contributed by atoms with van der Waals surface area (Å²) in [5.41, 5.74) is 3.57. The number of piperazine rings is 1. The summed E-state index contributed by atoms with van der Waals surface area (Å²) < 4.78 is 41.5. The third kappa shape index (κ3) is 4.96. The van der Waals surface area contributed by atoms with Gasteiger partial charge < -0.3 is 19.5 Å². The van der Waals surface area contributed by atoms with Gasteiger partial charge in [0.25, 0.3) is 0 Å². The summed E-state index contributed by atoms with van der Waals surface area (Å²) in [6.07, 6.45) is 4.99. The molecule has 1 aliphatic heterocycles. The summed E-state index contributed by atoms with van der Waals surface area (Å²) in [5, 5.41) is 7.95. The highest BCUT2D eigenvalue weighted by Crippen LogP contribution is 2.38. The molecule has 1 saturated heterocycles. The summed E-state index contributed by atoms with van der Waals surface area (Å²) in [6, 6.07) is 12.1. The van der Waals surface area contributed by atoms with Gasteiger partial charge in [-0.25, -0.2) is 0 Å². The van der Waals surface area contributed by atoms with Crippen LogP contribution in [0.3, 0.4) is 0 Å². The summed E-state index contributed by atoms with van der Waals surface area (Å²) in [4.78, 5) is 2.36. The normalized spacial score (nSPS) is 17.7. The second-order valence-electron chi connectivity index (χ2n) is 9.29. The Kier molecular flexibility index (Phi) is 6.86. The predicted octanol–water partition coefficient (Wildman–Crippen LogP) is 3.83. The first-order valence-electron chi connectivity index (χ1n) is 12.3. The van der Waals surface area contributed by atoms with Gasteiger partial charge >= 0.3 is 10.2 Å². The molecule has 2 N–H and O–H groups in total. The molecule has 5 rings (SSSR count). The topological polar surface area (TPSA) is 99.9 Å². The van der Waals surface area contributed by atoms with Gasteiger partial charge in [0, 0.05) is 45.0 Å². The van der Waals surface area contributed by atoms with Crippen molar-refractivity contribution >= 4 is 32.7 Å². The Hall–Kier alpha value is -2.82. The van der Waals surface area contributed by atoms with Crippen LogP contribution in [0.15, 0.2) is 40.9 Å². The van der Waals surface area contributed by atoms with E-state index in [1.165, 1.54) is 9.99 Å². The van der Waals surface area contributed by atoms with Crippen LogP contribution in [-0.4, -0.2) is 64.3 Å². The molecule has 0 spiro atoms. The van der Waals surface area contributed by atoms with Crippen LogP contribution in [0.2, 0.25) is 0 Å². The first-order valence-corrected chi connectivity index (χ1v) is 13.7. The maximum Gasteiger partial charge on any atom is 0.302 e. The minimum atomic E-state index is -3.79. The first-order chi connectivity index (χ1) is 17.0. The maximum absolute atomic E-state index is 13.1. The van der Waals surface area contributed by atoms with Crippen molar-refractivity contribution in [1.82, 2.24) is 14.8 Å². The van der Waals surface area contributed by atoms with Gasteiger partial charge in [0.15, 0.2) is 11.4 Å². The van der Waals surface area contributed by atoms with Gasteiger partial charge in [-0.05, 0) is 48.2 Å². The molecule has 10 heteroatoms. The van der Waals surface area contributed by atoms with Crippen molar-refractivity contribution in [3.05, 3.63) is 36.4 Å². The van der Waals surface area contributed by atoms with Crippen LogP contribution >= 0.6 is 0 Å². The fourth-order valence-corrected chi connectivity index (χ4v) is 6.20. The second kappa shape index (κ2) is 10.0. The number of benzene rings is 2. The van der Waals surface area contributed by atoms with Gasteiger partial charge in [-0.3, -0.25) is 4.72 Å². The summed E-state index contributed by atoms with van der Waals surface area (Å²) in [6.45, 7) is 3.87. The van der Waals surface area contributed by atoms with Crippen molar-refractivity contribution < 1.29 is 17.7 Å². The number of nitrogens with zero attached hydrogens (tertiary/aromatic N) is 3. The fourth-order valence-electron chi connectivity index (χ4n) is 5.07. The summed E-state index contributed by atoms with van der Waals surface area (Å²) in [7, 11) is -0.594. The van der Waals surface area contributed by atoms with E-state index in [-0.39, 0.29) is 11.9 Å². The molecule has 2 heterocycles. The largest absolute Gasteiger partial charge is 0.496 e. The zero-order valence-corrected chi connectivity index (χ0v) is 21.1. The number of ether oxygens (including phenoxy) is 1. The third-order valence-electron chi connectivity index (χ3n) is 7.11. The number of rotatable bonds is 7. The zero-order valence-electron chi connectivity index (χ0n) is 20.3. The molecule has 2 aromatic carbocycles. The molecular formula is C25H33N5O4S. The minimum Gasteiger partial charge on any atom is -0.496 e. The number of hydrogen-bond donors (Lipinski definition) is 2. The molecule has 9 nitrogen and oxygen atoms in total. The monoisotopic (exact) mass is 499 g/mol. The van der Waals surface area contributed by atoms with Gasteiger partial charge in [0.2, 0.25) is 0 Å². The number of aromatic nitrogens is 1. The van der Waals surface area contributed by atoms with Crippen molar-refractivity contribution in [3.8, 4) is 16.9 Å². The third-order valence-corrected chi connectivity index (χ3v) is 8.62. The molecule has 0 bridgehead atoms. The Morgan fingerprint density at radius 2 is 1.89 bits per heavy atom. The molecular weight excluding hydrogens is 466 g/mol. The molecule has 1 saturated carbocycles. The molecule has 2 fully saturated rings. The second-order valence-corrected chi connectivity index (χ2v) is 11.0. The lowest BCUT2D eigenvalue weighted by Crippen LogP contribution is -2.43. The summed E-state index contributed by atoms with van der Waals surface area (Å²) in [5.74, 6) is 0.643. The van der Waals surface area contributed by atoms with Gasteiger partial charge in [0.05, 0.1) is 7.11 Å². The Morgan fingerprint density at radius 3 is 2.63 bits per heavy atom. The Bertz CT molecular complexity index is 1280. The molecule has 188 valence electrons. The van der Waals surface area contributed by atoms with E-state index < -0.39 is 10.2 Å². The minimum absolute atomic E-state index is 0.00382. The van der Waals surface area contributed by atoms with Crippen LogP contribution in [-0.2, 0) is 10.2 Å². The SMILES string of the molecule is COc1cc(-c2cccc(N3CCNCC3)c2)cc2onc(NS(=O)(=O)N(C)C3CCCCC3)c12. The highest BCUT2D eigenvalue weighted by molar-refractivity contribution is 7.90. The lowest BCUT2D eigenvalue weighted by molar-refractivity contribution is 0.287. The molecule has 0 unspecified atom stereocenters. The van der Waals surface area contributed by atoms with E-state index >= 15 is 0 Å². The van der Waals surface area contributed by atoms with Crippen LogP contribution in [0.25, 0.3) is 22.1 Å². The first kappa shape index (κ1) is 23.9. The van der Waals surface area contributed by atoms with E-state index in [1.807, 2.05) is 24.3 Å². The van der Waals surface area contributed by atoms with Gasteiger partial charge in [-0.1, -0.05) is 36.6 Å². The standard InChI is InChI=1S/C25H33N5O4S/c1-29(20-8-4-3-5-9-20)35(31,32)28-25-24-22(33-2)16-19(17-23(24)34-27-25)18-7-6-10-21(15-18)30-13-11-26-12-14-30/h6-7,10,15-17,20,26H,3-5,8-9,11-14H2,1-2H3,(H,27,28). The van der Waals surface area contributed by atoms with Gasteiger partial charge in [-0.2, -0.15) is 12.7 Å². The Labute approximate surface area is 206 Å². The summed E-state index contributed by atoms with van der Waals surface area (Å²) >= 11 is 0. The lowest BCUT2D eigenvalue weighted by atomic mass is 9.96. The molecule has 0 amide bonds. The molecule has 0 atom stereocenters. The quantitative estimate of drug-likeness (QED) is 0.510. The molecule has 1 aromatic heterocycles. The average Bonchev–Trinajstić information content (AvgIpc) is 3.30. The number of methoxy groups -OCH3 is 1. The predicted molar refractivity (Wildman–Crippen MR) is 138 cm³/mol. The average molecular weight is 500 g/mol. The van der Waals surface area contributed by atoms with E-state index in [4.69, 9.17) is 9.26 Å². The maximum atomic E-state index is 13.1. The Balaban J connectivity index is 1.44. The van der Waals surface area contributed by atoms with E-state index in [1.54, 1.807) is 14.2 Å². The van der Waals surface area contributed by atoms with Crippen LogP contribution in [0.1, 0.15) is 32.1 Å². The molecule has 2 aliphatic rings. The lowest BCUT2D eigenvalue weighted by Gasteiger charge is -2.30. The van der Waals surface area contributed by atoms with Crippen molar-refractivity contribution in [1.29, 1.82) is 0 Å². The van der Waals surface area contributed by atoms with E-state index in [9.17, 15) is 8.42 Å². The highest BCUT2D eigenvalue weighted by atomic mass is 32.2. The van der Waals surface area contributed by atoms with Crippen LogP contribution in [0.5, 0.6) is 5.75 Å².